The second kappa shape index (κ2) is 13.4. The summed E-state index contributed by atoms with van der Waals surface area (Å²) in [6.45, 7) is 7.08. The third kappa shape index (κ3) is 7.20. The number of nitrogens with zero attached hydrogens (tertiary/aromatic N) is 1. The van der Waals surface area contributed by atoms with Gasteiger partial charge in [-0.05, 0) is 61.4 Å². The van der Waals surface area contributed by atoms with Crippen LogP contribution in [0.5, 0.6) is 0 Å². The summed E-state index contributed by atoms with van der Waals surface area (Å²) in [6.07, 6.45) is 1.07. The Balaban J connectivity index is 1.32. The maximum absolute atomic E-state index is 13.3. The molecule has 3 heterocycles. The molecule has 1 aromatic heterocycles. The first-order valence-corrected chi connectivity index (χ1v) is 16.6. The van der Waals surface area contributed by atoms with Crippen LogP contribution in [0.25, 0.3) is 11.6 Å². The number of aliphatic hydroxyl groups is 1. The number of H-pyrrole nitrogens is 1. The van der Waals surface area contributed by atoms with Gasteiger partial charge in [0.2, 0.25) is 5.91 Å². The van der Waals surface area contributed by atoms with Crippen LogP contribution in [0.15, 0.2) is 41.3 Å². The lowest BCUT2D eigenvalue weighted by Crippen LogP contribution is -2.44. The molecule has 234 valence electrons. The highest BCUT2D eigenvalue weighted by Gasteiger charge is 2.28. The minimum absolute atomic E-state index is 0.0298. The van der Waals surface area contributed by atoms with Crippen LogP contribution in [0.3, 0.4) is 0 Å². The molecule has 1 unspecified atom stereocenters. The van der Waals surface area contributed by atoms with Crippen LogP contribution in [0.1, 0.15) is 33.6 Å². The molecule has 0 spiro atoms. The number of aliphatic hydroxyl groups excluding tert-OH is 1. The van der Waals surface area contributed by atoms with Crippen molar-refractivity contribution in [3.63, 3.8) is 0 Å². The molecule has 3 aromatic rings. The molecule has 10 nitrogen and oxygen atoms in total. The van der Waals surface area contributed by atoms with E-state index in [-0.39, 0.29) is 39.7 Å². The van der Waals surface area contributed by atoms with Crippen molar-refractivity contribution < 1.29 is 27.9 Å². The van der Waals surface area contributed by atoms with Crippen molar-refractivity contribution in [2.75, 3.05) is 44.7 Å². The molecule has 44 heavy (non-hydrogen) atoms. The second-order valence-electron chi connectivity index (χ2n) is 11.0. The van der Waals surface area contributed by atoms with Gasteiger partial charge in [-0.1, -0.05) is 29.3 Å². The van der Waals surface area contributed by atoms with E-state index in [1.165, 1.54) is 12.1 Å². The van der Waals surface area contributed by atoms with Crippen molar-refractivity contribution in [3.8, 4) is 0 Å². The van der Waals surface area contributed by atoms with Crippen LogP contribution in [0.2, 0.25) is 10.0 Å². The Morgan fingerprint density at radius 3 is 2.55 bits per heavy atom. The number of anilines is 1. The van der Waals surface area contributed by atoms with Crippen molar-refractivity contribution in [2.24, 2.45) is 0 Å². The first kappa shape index (κ1) is 32.2. The number of rotatable bonds is 10. The third-order valence-electron chi connectivity index (χ3n) is 7.89. The number of carbonyl (C=O) groups is 2. The topological polar surface area (TPSA) is 141 Å². The number of sulfone groups is 1. The van der Waals surface area contributed by atoms with Crippen molar-refractivity contribution in [1.29, 1.82) is 0 Å². The summed E-state index contributed by atoms with van der Waals surface area (Å²) in [5, 5.41) is 16.5. The number of nitrogens with one attached hydrogen (secondary N) is 3. The van der Waals surface area contributed by atoms with Gasteiger partial charge < -0.3 is 25.5 Å². The van der Waals surface area contributed by atoms with Gasteiger partial charge >= 0.3 is 0 Å². The molecule has 2 amide bonds. The fourth-order valence-corrected chi connectivity index (χ4v) is 7.54. The maximum Gasteiger partial charge on any atom is 0.256 e. The Hall–Kier alpha value is -3.19. The fourth-order valence-electron chi connectivity index (χ4n) is 5.42. The number of amides is 2. The lowest BCUT2D eigenvalue weighted by Gasteiger charge is -2.28. The first-order valence-electron chi connectivity index (χ1n) is 14.2. The molecular formula is C31H34Cl2N4O6S. The Labute approximate surface area is 266 Å². The molecule has 0 saturated carbocycles. The molecule has 1 fully saturated rings. The molecule has 0 radical (unpaired) electrons. The highest BCUT2D eigenvalue weighted by molar-refractivity contribution is 7.90. The summed E-state index contributed by atoms with van der Waals surface area (Å²) in [4.78, 5) is 31.1. The van der Waals surface area contributed by atoms with Crippen molar-refractivity contribution >= 4 is 62.2 Å². The van der Waals surface area contributed by atoms with Gasteiger partial charge in [-0.2, -0.15) is 0 Å². The van der Waals surface area contributed by atoms with E-state index in [0.29, 0.717) is 47.8 Å². The van der Waals surface area contributed by atoms with Gasteiger partial charge in [0.1, 0.15) is 0 Å². The minimum Gasteiger partial charge on any atom is -0.390 e. The summed E-state index contributed by atoms with van der Waals surface area (Å²) >= 11 is 12.4. The largest absolute Gasteiger partial charge is 0.390 e. The van der Waals surface area contributed by atoms with Gasteiger partial charge in [-0.15, -0.1) is 0 Å². The number of morpholine rings is 1. The second-order valence-corrected chi connectivity index (χ2v) is 13.8. The lowest BCUT2D eigenvalue weighted by molar-refractivity contribution is -0.121. The molecule has 1 saturated heterocycles. The van der Waals surface area contributed by atoms with Gasteiger partial charge in [0, 0.05) is 64.4 Å². The summed E-state index contributed by atoms with van der Waals surface area (Å²) in [7, 11) is -3.85. The Morgan fingerprint density at radius 1 is 1.14 bits per heavy atom. The zero-order valence-electron chi connectivity index (χ0n) is 24.4. The van der Waals surface area contributed by atoms with E-state index >= 15 is 0 Å². The van der Waals surface area contributed by atoms with E-state index in [9.17, 15) is 23.1 Å². The monoisotopic (exact) mass is 660 g/mol. The first-order chi connectivity index (χ1) is 20.9. The molecule has 13 heteroatoms. The lowest BCUT2D eigenvalue weighted by atomic mass is 10.0. The molecule has 1 atom stereocenters. The molecule has 5 rings (SSSR count). The Kier molecular flexibility index (Phi) is 9.83. The number of aromatic amines is 1. The number of halogens is 2. The number of hydrogen-bond acceptors (Lipinski definition) is 7. The minimum atomic E-state index is -3.85. The third-order valence-corrected chi connectivity index (χ3v) is 10.2. The Bertz CT molecular complexity index is 1710. The number of hydrogen-bond donors (Lipinski definition) is 4. The number of carbonyl (C=O) groups excluding carboxylic acids is 2. The van der Waals surface area contributed by atoms with E-state index in [1.807, 2.05) is 13.8 Å². The number of ether oxygens (including phenoxy) is 1. The van der Waals surface area contributed by atoms with Gasteiger partial charge in [0.15, 0.2) is 9.84 Å². The van der Waals surface area contributed by atoms with E-state index in [1.54, 1.807) is 30.3 Å². The van der Waals surface area contributed by atoms with E-state index in [0.717, 1.165) is 29.9 Å². The number of aryl methyl sites for hydroxylation is 1. The summed E-state index contributed by atoms with van der Waals surface area (Å²) in [5.74, 6) is -0.994. The summed E-state index contributed by atoms with van der Waals surface area (Å²) in [5.41, 5.74) is 4.51. The standard InChI is InChI=1S/C31H34Cl2N4O6S/c1-18-22(14-30(39)34-15-20(38)16-37-8-10-43-11-9-37)19(2)35-29(18)13-24-23-12-21(6-7-28(23)36-31(24)40)44(41,42)17-25-26(32)4-3-5-27(25)33/h3-7,12-13,20,35,38H,8-11,14-17H2,1-2H3,(H,34,39)(H,36,40)/b24-13-. The molecule has 0 bridgehead atoms. The molecule has 2 aromatic carbocycles. The predicted octanol–water partition coefficient (Wildman–Crippen LogP) is 3.76. The smallest absolute Gasteiger partial charge is 0.256 e. The zero-order chi connectivity index (χ0) is 31.6. The van der Waals surface area contributed by atoms with E-state index in [4.69, 9.17) is 27.9 Å². The SMILES string of the molecule is Cc1[nH]c(/C=C2\C(=O)Nc3ccc(S(=O)(=O)Cc4c(Cl)cccc4Cl)cc32)c(C)c1CC(=O)NCC(O)CN1CCOCC1. The number of aromatic nitrogens is 1. The molecular weight excluding hydrogens is 627 g/mol. The fraction of sp³-hybridized carbons (Fsp3) is 0.355. The summed E-state index contributed by atoms with van der Waals surface area (Å²) in [6, 6.07) is 9.29. The molecule has 0 aliphatic carbocycles. The number of fused-ring (bicyclic) bond motifs is 1. The van der Waals surface area contributed by atoms with Crippen LogP contribution in [0, 0.1) is 13.8 Å². The highest BCUT2D eigenvalue weighted by atomic mass is 35.5. The van der Waals surface area contributed by atoms with Crippen molar-refractivity contribution in [2.45, 2.75) is 37.0 Å². The van der Waals surface area contributed by atoms with Gasteiger partial charge in [-0.25, -0.2) is 8.42 Å². The van der Waals surface area contributed by atoms with Crippen LogP contribution in [-0.4, -0.2) is 80.7 Å². The Morgan fingerprint density at radius 2 is 1.84 bits per heavy atom. The quantitative estimate of drug-likeness (QED) is 0.243. The molecule has 2 aliphatic rings. The average Bonchev–Trinajstić information content (AvgIpc) is 3.44. The molecule has 2 aliphatic heterocycles. The van der Waals surface area contributed by atoms with E-state index in [2.05, 4.69) is 20.5 Å². The highest BCUT2D eigenvalue weighted by Crippen LogP contribution is 2.37. The van der Waals surface area contributed by atoms with E-state index < -0.39 is 21.7 Å². The van der Waals surface area contributed by atoms with Crippen LogP contribution in [-0.2, 0) is 36.3 Å². The normalized spacial score (nSPS) is 17.0. The molecule has 4 N–H and O–H groups in total. The summed E-state index contributed by atoms with van der Waals surface area (Å²) < 4.78 is 32.0. The number of benzene rings is 2. The van der Waals surface area contributed by atoms with Gasteiger partial charge in [0.25, 0.3) is 5.91 Å². The van der Waals surface area contributed by atoms with Crippen LogP contribution < -0.4 is 10.6 Å². The van der Waals surface area contributed by atoms with Crippen molar-refractivity contribution in [1.82, 2.24) is 15.2 Å². The van der Waals surface area contributed by atoms with Gasteiger partial charge in [0.05, 0.1) is 42.0 Å². The van der Waals surface area contributed by atoms with Gasteiger partial charge in [-0.3, -0.25) is 14.5 Å². The average molecular weight is 662 g/mol. The zero-order valence-corrected chi connectivity index (χ0v) is 26.7. The number of β-amino-alcohol motifs (C(OH)–C–C–N with tert-alkyl or cyclic N) is 1. The van der Waals surface area contributed by atoms with Crippen LogP contribution in [0.4, 0.5) is 5.69 Å². The maximum atomic E-state index is 13.3. The van der Waals surface area contributed by atoms with Crippen LogP contribution >= 0.6 is 23.2 Å². The van der Waals surface area contributed by atoms with Crippen molar-refractivity contribution in [3.05, 3.63) is 80.1 Å². The predicted molar refractivity (Wildman–Crippen MR) is 171 cm³/mol.